The van der Waals surface area contributed by atoms with Crippen LogP contribution in [0.15, 0.2) is 6.33 Å². The van der Waals surface area contributed by atoms with Gasteiger partial charge < -0.3 is 5.11 Å². The minimum Gasteiger partial charge on any atom is -0.387 e. The predicted octanol–water partition coefficient (Wildman–Crippen LogP) is 3.21. The van der Waals surface area contributed by atoms with Crippen molar-refractivity contribution in [3.63, 3.8) is 0 Å². The van der Waals surface area contributed by atoms with Gasteiger partial charge in [-0.05, 0) is 98.0 Å². The van der Waals surface area contributed by atoms with Gasteiger partial charge in [0.2, 0.25) is 0 Å². The number of halogens is 1. The van der Waals surface area contributed by atoms with Gasteiger partial charge in [-0.3, -0.25) is 4.79 Å². The average Bonchev–Trinajstić information content (AvgIpc) is 3.34. The molecule has 4 saturated carbocycles. The normalized spacial score (nSPS) is 46.6. The third kappa shape index (κ3) is 3.15. The Morgan fingerprint density at radius 2 is 1.97 bits per heavy atom. The summed E-state index contributed by atoms with van der Waals surface area (Å²) in [5, 5.41) is 22.1. The van der Waals surface area contributed by atoms with Gasteiger partial charge in [0.05, 0.1) is 5.60 Å². The number of Topliss-reactive ketones (excluding diaryl/α,β-unsaturated/α-hetero) is 1. The zero-order valence-electron chi connectivity index (χ0n) is 17.3. The van der Waals surface area contributed by atoms with Gasteiger partial charge in [0.25, 0.3) is 0 Å². The molecule has 160 valence electrons. The lowest BCUT2D eigenvalue weighted by Crippen LogP contribution is -2.52. The predicted molar refractivity (Wildman–Crippen MR) is 104 cm³/mol. The fourth-order valence-electron chi connectivity index (χ4n) is 8.12. The van der Waals surface area contributed by atoms with Crippen LogP contribution in [-0.2, 0) is 11.3 Å². The van der Waals surface area contributed by atoms with E-state index in [-0.39, 0.29) is 23.7 Å². The van der Waals surface area contributed by atoms with Crippen molar-refractivity contribution in [1.29, 1.82) is 0 Å². The highest BCUT2D eigenvalue weighted by Gasteiger charge is 2.59. The van der Waals surface area contributed by atoms with Gasteiger partial charge in [0.15, 0.2) is 12.1 Å². The molecular weight excluding hydrogens is 371 g/mol. The maximum atomic E-state index is 13.3. The molecule has 0 aliphatic heterocycles. The monoisotopic (exact) mass is 404 g/mol. The fourth-order valence-corrected chi connectivity index (χ4v) is 8.12. The number of aliphatic hydroxyl groups is 1. The summed E-state index contributed by atoms with van der Waals surface area (Å²) in [6, 6.07) is 0. The second kappa shape index (κ2) is 7.10. The molecule has 4 aliphatic rings. The summed E-state index contributed by atoms with van der Waals surface area (Å²) in [5.41, 5.74) is -0.989. The molecule has 1 N–H and O–H groups in total. The number of tetrazole rings is 1. The van der Waals surface area contributed by atoms with Crippen molar-refractivity contribution >= 4 is 5.78 Å². The first-order valence-electron chi connectivity index (χ1n) is 11.5. The molecule has 1 heterocycles. The molecule has 29 heavy (non-hydrogen) atoms. The van der Waals surface area contributed by atoms with Crippen molar-refractivity contribution in [2.24, 2.45) is 40.9 Å². The minimum absolute atomic E-state index is 0.0833. The number of hydrogen-bond acceptors (Lipinski definition) is 5. The molecule has 4 aliphatic carbocycles. The third-order valence-electron chi connectivity index (χ3n) is 9.43. The standard InChI is InChI=1S/C22H33FN4O2/c1-21-8-6-16-15-7-9-22(29,12-23)10-14(15)2-3-17(16)18(21)4-5-19(21)20(28)11-27-25-13-24-26-27/h13-19,29H,2-12H2,1H3/t14-,15+,16-,17-,18+,19-,21+,22-/m1/s1. The van der Waals surface area contributed by atoms with Crippen LogP contribution in [0.5, 0.6) is 0 Å². The van der Waals surface area contributed by atoms with E-state index in [2.05, 4.69) is 22.3 Å². The SMILES string of the molecule is C[C@]12CC[C@H]3[C@@H](CC[C@@H]4C[C@@](O)(CF)CC[C@@H]43)[C@@H]1CC[C@@H]2C(=O)Cn1ncnn1. The van der Waals surface area contributed by atoms with E-state index in [4.69, 9.17) is 0 Å². The molecule has 0 unspecified atom stereocenters. The largest absolute Gasteiger partial charge is 0.387 e. The van der Waals surface area contributed by atoms with Crippen molar-refractivity contribution in [3.8, 4) is 0 Å². The number of fused-ring (bicyclic) bond motifs is 5. The molecule has 8 atom stereocenters. The van der Waals surface area contributed by atoms with Gasteiger partial charge in [-0.2, -0.15) is 4.80 Å². The number of rotatable bonds is 4. The summed E-state index contributed by atoms with van der Waals surface area (Å²) < 4.78 is 13.3. The van der Waals surface area contributed by atoms with E-state index in [0.29, 0.717) is 42.4 Å². The van der Waals surface area contributed by atoms with Crippen LogP contribution < -0.4 is 0 Å². The lowest BCUT2D eigenvalue weighted by molar-refractivity contribution is -0.134. The van der Waals surface area contributed by atoms with E-state index in [9.17, 15) is 14.3 Å². The topological polar surface area (TPSA) is 80.9 Å². The number of hydrogen-bond donors (Lipinski definition) is 1. The first-order chi connectivity index (χ1) is 13.9. The quantitative estimate of drug-likeness (QED) is 0.833. The highest BCUT2D eigenvalue weighted by atomic mass is 19.1. The maximum absolute atomic E-state index is 13.3. The van der Waals surface area contributed by atoms with Crippen molar-refractivity contribution < 1.29 is 14.3 Å². The second-order valence-electron chi connectivity index (χ2n) is 10.6. The molecule has 7 heteroatoms. The molecule has 0 spiro atoms. The number of ketones is 1. The molecule has 0 aromatic carbocycles. The smallest absolute Gasteiger partial charge is 0.162 e. The van der Waals surface area contributed by atoms with E-state index >= 15 is 0 Å². The maximum Gasteiger partial charge on any atom is 0.162 e. The Morgan fingerprint density at radius 1 is 1.14 bits per heavy atom. The van der Waals surface area contributed by atoms with Crippen LogP contribution in [0.4, 0.5) is 4.39 Å². The number of alkyl halides is 1. The first kappa shape index (κ1) is 19.6. The Bertz CT molecular complexity index is 758. The summed E-state index contributed by atoms with van der Waals surface area (Å²) in [4.78, 5) is 14.5. The molecule has 4 fully saturated rings. The molecule has 0 amide bonds. The zero-order valence-corrected chi connectivity index (χ0v) is 17.3. The Balaban J connectivity index is 1.31. The van der Waals surface area contributed by atoms with Crippen LogP contribution in [-0.4, -0.2) is 43.4 Å². The van der Waals surface area contributed by atoms with Crippen LogP contribution in [0.1, 0.15) is 64.7 Å². The lowest BCUT2D eigenvalue weighted by Gasteiger charge is -2.56. The van der Waals surface area contributed by atoms with Crippen molar-refractivity contribution in [3.05, 3.63) is 6.33 Å². The van der Waals surface area contributed by atoms with Gasteiger partial charge in [0.1, 0.15) is 13.2 Å². The van der Waals surface area contributed by atoms with E-state index in [1.165, 1.54) is 24.0 Å². The first-order valence-corrected chi connectivity index (χ1v) is 11.5. The zero-order chi connectivity index (χ0) is 20.2. The van der Waals surface area contributed by atoms with Gasteiger partial charge in [-0.15, -0.1) is 10.2 Å². The number of aromatic nitrogens is 4. The Labute approximate surface area is 171 Å². The van der Waals surface area contributed by atoms with E-state index in [1.807, 2.05) is 0 Å². The van der Waals surface area contributed by atoms with E-state index in [1.54, 1.807) is 0 Å². The Morgan fingerprint density at radius 3 is 2.72 bits per heavy atom. The third-order valence-corrected chi connectivity index (χ3v) is 9.43. The van der Waals surface area contributed by atoms with E-state index < -0.39 is 12.3 Å². The molecule has 1 aromatic heterocycles. The minimum atomic E-state index is -1.07. The molecule has 0 radical (unpaired) electrons. The molecule has 1 aromatic rings. The van der Waals surface area contributed by atoms with Gasteiger partial charge in [-0.1, -0.05) is 6.92 Å². The van der Waals surface area contributed by atoms with Gasteiger partial charge in [0, 0.05) is 5.92 Å². The second-order valence-corrected chi connectivity index (χ2v) is 10.6. The summed E-state index contributed by atoms with van der Waals surface area (Å²) >= 11 is 0. The Hall–Kier alpha value is -1.37. The van der Waals surface area contributed by atoms with Crippen molar-refractivity contribution in [1.82, 2.24) is 20.2 Å². The number of carbonyl (C=O) groups excluding carboxylic acids is 1. The molecule has 0 saturated heterocycles. The van der Waals surface area contributed by atoms with Crippen LogP contribution in [0, 0.1) is 40.9 Å². The summed E-state index contributed by atoms with van der Waals surface area (Å²) in [5.74, 6) is 3.47. The van der Waals surface area contributed by atoms with Crippen LogP contribution in [0.25, 0.3) is 0 Å². The van der Waals surface area contributed by atoms with Crippen LogP contribution in [0.2, 0.25) is 0 Å². The molecule has 6 nitrogen and oxygen atoms in total. The fraction of sp³-hybridized carbons (Fsp3) is 0.909. The lowest BCUT2D eigenvalue weighted by atomic mass is 9.49. The van der Waals surface area contributed by atoms with Crippen LogP contribution >= 0.6 is 0 Å². The summed E-state index contributed by atoms with van der Waals surface area (Å²) in [6.07, 6.45) is 10.3. The average molecular weight is 405 g/mol. The summed E-state index contributed by atoms with van der Waals surface area (Å²) in [7, 11) is 0. The van der Waals surface area contributed by atoms with Gasteiger partial charge >= 0.3 is 0 Å². The molecule has 5 rings (SSSR count). The van der Waals surface area contributed by atoms with Gasteiger partial charge in [-0.25, -0.2) is 4.39 Å². The van der Waals surface area contributed by atoms with Crippen molar-refractivity contribution in [2.75, 3.05) is 6.67 Å². The molecule has 0 bridgehead atoms. The van der Waals surface area contributed by atoms with Crippen molar-refractivity contribution in [2.45, 2.75) is 76.9 Å². The Kier molecular flexibility index (Phi) is 4.80. The summed E-state index contributed by atoms with van der Waals surface area (Å²) in [6.45, 7) is 1.98. The number of nitrogens with zero attached hydrogens (tertiary/aromatic N) is 4. The number of carbonyl (C=O) groups is 1. The highest BCUT2D eigenvalue weighted by molar-refractivity contribution is 5.81. The van der Waals surface area contributed by atoms with Crippen LogP contribution in [0.3, 0.4) is 0 Å². The van der Waals surface area contributed by atoms with E-state index in [0.717, 1.165) is 32.1 Å². The highest BCUT2D eigenvalue weighted by Crippen LogP contribution is 2.64. The molecular formula is C22H33FN4O2.